The van der Waals surface area contributed by atoms with Gasteiger partial charge in [-0.15, -0.1) is 0 Å². The molecule has 1 aliphatic carbocycles. The Labute approximate surface area is 182 Å². The lowest BCUT2D eigenvalue weighted by Gasteiger charge is -2.42. The molecule has 0 bridgehead atoms. The van der Waals surface area contributed by atoms with E-state index in [1.54, 1.807) is 6.07 Å². The van der Waals surface area contributed by atoms with Crippen LogP contribution in [0.1, 0.15) is 48.9 Å². The molecule has 5 rings (SSSR count). The molecule has 7 nitrogen and oxygen atoms in total. The van der Waals surface area contributed by atoms with E-state index in [-0.39, 0.29) is 11.8 Å². The fourth-order valence-electron chi connectivity index (χ4n) is 5.06. The number of hydrogen-bond acceptors (Lipinski definition) is 5. The molecular weight excluding hydrogens is 392 g/mol. The predicted octanol–water partition coefficient (Wildman–Crippen LogP) is 2.89. The van der Waals surface area contributed by atoms with E-state index < -0.39 is 5.97 Å². The van der Waals surface area contributed by atoms with Crippen LogP contribution in [0.25, 0.3) is 10.9 Å². The van der Waals surface area contributed by atoms with Gasteiger partial charge in [0, 0.05) is 37.1 Å². The van der Waals surface area contributed by atoms with E-state index in [9.17, 15) is 14.7 Å². The van der Waals surface area contributed by atoms with Gasteiger partial charge in [-0.25, -0.2) is 9.78 Å². The molecule has 0 radical (unpaired) electrons. The first kappa shape index (κ1) is 20.2. The van der Waals surface area contributed by atoms with Gasteiger partial charge >= 0.3 is 5.97 Å². The van der Waals surface area contributed by atoms with E-state index in [4.69, 9.17) is 4.98 Å². The summed E-state index contributed by atoms with van der Waals surface area (Å²) < 4.78 is 0. The van der Waals surface area contributed by atoms with E-state index >= 15 is 0 Å². The molecule has 2 saturated heterocycles. The maximum Gasteiger partial charge on any atom is 0.336 e. The number of pyridine rings is 1. The molecule has 1 atom stereocenters. The van der Waals surface area contributed by atoms with Crippen LogP contribution in [0, 0.1) is 5.92 Å². The smallest absolute Gasteiger partial charge is 0.336 e. The number of anilines is 1. The summed E-state index contributed by atoms with van der Waals surface area (Å²) in [5.41, 5.74) is 1.03. The lowest BCUT2D eigenvalue weighted by molar-refractivity contribution is -0.127. The number of carboxylic acids is 1. The molecule has 1 aromatic heterocycles. The molecule has 164 valence electrons. The van der Waals surface area contributed by atoms with Gasteiger partial charge in [0.1, 0.15) is 5.82 Å². The van der Waals surface area contributed by atoms with Crippen molar-refractivity contribution in [1.82, 2.24) is 15.2 Å². The van der Waals surface area contributed by atoms with Gasteiger partial charge in [-0.1, -0.05) is 18.2 Å². The average molecular weight is 423 g/mol. The Morgan fingerprint density at radius 1 is 1.03 bits per heavy atom. The second-order valence-electron chi connectivity index (χ2n) is 9.19. The zero-order valence-corrected chi connectivity index (χ0v) is 17.8. The number of carboxylic acid groups (broad SMARTS) is 1. The lowest BCUT2D eigenvalue weighted by atomic mass is 9.93. The molecule has 3 fully saturated rings. The maximum absolute atomic E-state index is 12.5. The lowest BCUT2D eigenvalue weighted by Crippen LogP contribution is -2.51. The fraction of sp³-hybridized carbons (Fsp3) is 0.542. The topological polar surface area (TPSA) is 85.8 Å². The summed E-state index contributed by atoms with van der Waals surface area (Å²) in [6.45, 7) is 3.63. The van der Waals surface area contributed by atoms with Crippen LogP contribution in [-0.2, 0) is 4.79 Å². The highest BCUT2D eigenvalue weighted by atomic mass is 16.4. The molecule has 0 spiro atoms. The first-order valence-corrected chi connectivity index (χ1v) is 11.5. The zero-order chi connectivity index (χ0) is 21.4. The molecule has 1 aromatic carbocycles. The number of fused-ring (bicyclic) bond motifs is 1. The second-order valence-corrected chi connectivity index (χ2v) is 9.19. The monoisotopic (exact) mass is 422 g/mol. The summed E-state index contributed by atoms with van der Waals surface area (Å²) in [7, 11) is 0. The standard InChI is InChI=1S/C24H30N4O3/c29-23(25-17-7-8-17)16-4-3-11-28(15-16)18-9-12-27(13-10-18)22-14-20(24(30)31)19-5-1-2-6-21(19)26-22/h1-2,5-6,14,16-18H,3-4,7-13,15H2,(H,25,29)(H,30,31). The first-order chi connectivity index (χ1) is 15.1. The van der Waals surface area contributed by atoms with Crippen molar-refractivity contribution in [3.63, 3.8) is 0 Å². The van der Waals surface area contributed by atoms with Crippen molar-refractivity contribution >= 4 is 28.6 Å². The minimum absolute atomic E-state index is 0.118. The number of carbonyl (C=O) groups is 2. The molecule has 3 aliphatic rings. The third-order valence-electron chi connectivity index (χ3n) is 6.99. The number of aromatic nitrogens is 1. The number of nitrogens with zero attached hydrogens (tertiary/aromatic N) is 3. The van der Waals surface area contributed by atoms with Crippen LogP contribution in [0.5, 0.6) is 0 Å². The van der Waals surface area contributed by atoms with Gasteiger partial charge in [-0.3, -0.25) is 9.69 Å². The summed E-state index contributed by atoms with van der Waals surface area (Å²) in [6.07, 6.45) is 6.35. The molecule has 31 heavy (non-hydrogen) atoms. The van der Waals surface area contributed by atoms with Gasteiger partial charge in [-0.2, -0.15) is 0 Å². The molecule has 2 aliphatic heterocycles. The maximum atomic E-state index is 12.5. The Balaban J connectivity index is 1.24. The third kappa shape index (κ3) is 4.37. The first-order valence-electron chi connectivity index (χ1n) is 11.5. The number of rotatable bonds is 5. The molecule has 2 aromatic rings. The highest BCUT2D eigenvalue weighted by Gasteiger charge is 2.34. The number of carbonyl (C=O) groups excluding carboxylic acids is 1. The van der Waals surface area contributed by atoms with E-state index in [1.807, 2.05) is 24.3 Å². The number of hydrogen-bond donors (Lipinski definition) is 2. The van der Waals surface area contributed by atoms with Crippen molar-refractivity contribution in [1.29, 1.82) is 0 Å². The van der Waals surface area contributed by atoms with Crippen LogP contribution in [-0.4, -0.2) is 65.1 Å². The van der Waals surface area contributed by atoms with Crippen molar-refractivity contribution in [3.8, 4) is 0 Å². The van der Waals surface area contributed by atoms with E-state index in [1.165, 1.54) is 0 Å². The van der Waals surface area contributed by atoms with Crippen molar-refractivity contribution in [3.05, 3.63) is 35.9 Å². The Kier molecular flexibility index (Phi) is 5.52. The van der Waals surface area contributed by atoms with Crippen LogP contribution >= 0.6 is 0 Å². The van der Waals surface area contributed by atoms with E-state index in [0.717, 1.165) is 76.0 Å². The third-order valence-corrected chi connectivity index (χ3v) is 6.99. The Morgan fingerprint density at radius 3 is 2.55 bits per heavy atom. The molecular formula is C24H30N4O3. The average Bonchev–Trinajstić information content (AvgIpc) is 3.62. The Morgan fingerprint density at radius 2 is 1.81 bits per heavy atom. The number of piperidine rings is 2. The van der Waals surface area contributed by atoms with Crippen LogP contribution in [0.3, 0.4) is 0 Å². The highest BCUT2D eigenvalue weighted by Crippen LogP contribution is 2.29. The number of nitrogens with one attached hydrogen (secondary N) is 1. The molecule has 3 heterocycles. The Hall–Kier alpha value is -2.67. The Bertz CT molecular complexity index is 982. The van der Waals surface area contributed by atoms with Gasteiger partial charge in [-0.05, 0) is 57.2 Å². The fourth-order valence-corrected chi connectivity index (χ4v) is 5.06. The minimum Gasteiger partial charge on any atom is -0.478 e. The molecule has 1 saturated carbocycles. The van der Waals surface area contributed by atoms with Crippen molar-refractivity contribution in [2.24, 2.45) is 5.92 Å². The van der Waals surface area contributed by atoms with Crippen molar-refractivity contribution in [2.45, 2.75) is 50.6 Å². The van der Waals surface area contributed by atoms with Crippen LogP contribution < -0.4 is 10.2 Å². The van der Waals surface area contributed by atoms with Crippen LogP contribution in [0.2, 0.25) is 0 Å². The molecule has 2 N–H and O–H groups in total. The SMILES string of the molecule is O=C(O)c1cc(N2CCC(N3CCCC(C(=O)NC4CC4)C3)CC2)nc2ccccc12. The largest absolute Gasteiger partial charge is 0.478 e. The molecule has 1 unspecified atom stereocenters. The summed E-state index contributed by atoms with van der Waals surface area (Å²) in [5.74, 6) is 0.187. The minimum atomic E-state index is -0.918. The predicted molar refractivity (Wildman–Crippen MR) is 119 cm³/mol. The van der Waals surface area contributed by atoms with Gasteiger partial charge in [0.05, 0.1) is 17.0 Å². The van der Waals surface area contributed by atoms with Gasteiger partial charge < -0.3 is 15.3 Å². The van der Waals surface area contributed by atoms with Gasteiger partial charge in [0.2, 0.25) is 5.91 Å². The van der Waals surface area contributed by atoms with Crippen molar-refractivity contribution < 1.29 is 14.7 Å². The van der Waals surface area contributed by atoms with Gasteiger partial charge in [0.15, 0.2) is 0 Å². The zero-order valence-electron chi connectivity index (χ0n) is 17.8. The summed E-state index contributed by atoms with van der Waals surface area (Å²) in [6, 6.07) is 10.0. The molecule has 1 amide bonds. The summed E-state index contributed by atoms with van der Waals surface area (Å²) in [4.78, 5) is 33.7. The summed E-state index contributed by atoms with van der Waals surface area (Å²) in [5, 5.41) is 13.5. The second kappa shape index (κ2) is 8.46. The van der Waals surface area contributed by atoms with E-state index in [0.29, 0.717) is 23.0 Å². The summed E-state index contributed by atoms with van der Waals surface area (Å²) >= 11 is 0. The number of aromatic carboxylic acids is 1. The number of amides is 1. The number of benzene rings is 1. The van der Waals surface area contributed by atoms with Crippen LogP contribution in [0.15, 0.2) is 30.3 Å². The quantitative estimate of drug-likeness (QED) is 0.771. The van der Waals surface area contributed by atoms with E-state index in [2.05, 4.69) is 15.1 Å². The normalized spacial score (nSPS) is 23.1. The number of para-hydroxylation sites is 1. The molecule has 7 heteroatoms. The highest BCUT2D eigenvalue weighted by molar-refractivity contribution is 6.03. The van der Waals surface area contributed by atoms with Crippen molar-refractivity contribution in [2.75, 3.05) is 31.1 Å². The van der Waals surface area contributed by atoms with Gasteiger partial charge in [0.25, 0.3) is 0 Å². The number of likely N-dealkylation sites (tertiary alicyclic amines) is 1. The van der Waals surface area contributed by atoms with Crippen LogP contribution in [0.4, 0.5) is 5.82 Å².